The van der Waals surface area contributed by atoms with Gasteiger partial charge in [0, 0.05) is 24.8 Å². The molecule has 2 N–H and O–H groups in total. The van der Waals surface area contributed by atoms with Crippen LogP contribution >= 0.6 is 12.2 Å². The van der Waals surface area contributed by atoms with Gasteiger partial charge >= 0.3 is 0 Å². The summed E-state index contributed by atoms with van der Waals surface area (Å²) in [4.78, 5) is 2.35. The molecule has 3 rings (SSSR count). The molecule has 1 saturated carbocycles. The Hall–Kier alpha value is -1.66. The van der Waals surface area contributed by atoms with Crippen molar-refractivity contribution in [3.63, 3.8) is 0 Å². The highest BCUT2D eigenvalue weighted by Crippen LogP contribution is 2.23. The number of nitrogens with one attached hydrogen (secondary N) is 2. The minimum absolute atomic E-state index is 0.465. The van der Waals surface area contributed by atoms with Gasteiger partial charge in [0.2, 0.25) is 0 Å². The van der Waals surface area contributed by atoms with Gasteiger partial charge in [-0.1, -0.05) is 31.9 Å². The number of benzene rings is 1. The van der Waals surface area contributed by atoms with Crippen LogP contribution in [0.4, 0.5) is 5.69 Å². The minimum Gasteiger partial charge on any atom is -0.378 e. The van der Waals surface area contributed by atoms with Crippen LogP contribution in [0.25, 0.3) is 0 Å². The van der Waals surface area contributed by atoms with Crippen LogP contribution in [0.2, 0.25) is 0 Å². The second-order valence-corrected chi connectivity index (χ2v) is 7.71. The van der Waals surface area contributed by atoms with E-state index in [0.29, 0.717) is 17.1 Å². The highest BCUT2D eigenvalue weighted by atomic mass is 32.1. The van der Waals surface area contributed by atoms with E-state index in [1.165, 1.54) is 31.4 Å². The van der Waals surface area contributed by atoms with Crippen molar-refractivity contribution in [2.24, 2.45) is 11.0 Å². The lowest BCUT2D eigenvalue weighted by atomic mass is 9.86. The molecule has 2 fully saturated rings. The van der Waals surface area contributed by atoms with Crippen molar-refractivity contribution in [2.75, 3.05) is 31.2 Å². The first-order valence-corrected chi connectivity index (χ1v) is 10.1. The summed E-state index contributed by atoms with van der Waals surface area (Å²) >= 11 is 5.41. The van der Waals surface area contributed by atoms with Crippen LogP contribution in [0.3, 0.4) is 0 Å². The number of anilines is 1. The number of nitrogens with zero attached hydrogens (tertiary/aromatic N) is 2. The molecule has 0 spiro atoms. The molecule has 0 bridgehead atoms. The maximum absolute atomic E-state index is 5.41. The number of hydrogen-bond acceptors (Lipinski definition) is 4. The Balaban J connectivity index is 1.52. The summed E-state index contributed by atoms with van der Waals surface area (Å²) in [5, 5.41) is 8.50. The standard InChI is InChI=1S/C20H30N4OS/c1-15-5-3-4-6-19(15)21-20(26)23-22-16(2)17-7-9-18(10-8-17)24-11-13-25-14-12-24/h7-10,15,19H,3-6,11-14H2,1-2H3,(H2,21,23,26)/b22-16-/t15-,19-/m0/s1. The van der Waals surface area contributed by atoms with Crippen LogP contribution in [-0.4, -0.2) is 43.2 Å². The summed E-state index contributed by atoms with van der Waals surface area (Å²) in [6, 6.07) is 9.00. The first-order chi connectivity index (χ1) is 12.6. The Morgan fingerprint density at radius 2 is 1.85 bits per heavy atom. The molecular weight excluding hydrogens is 344 g/mol. The van der Waals surface area contributed by atoms with E-state index in [-0.39, 0.29) is 0 Å². The fourth-order valence-electron chi connectivity index (χ4n) is 3.67. The SMILES string of the molecule is C/C(=N/NC(=S)N[C@H]1CCCC[C@@H]1C)c1ccc(N2CCOCC2)cc1. The van der Waals surface area contributed by atoms with E-state index >= 15 is 0 Å². The lowest BCUT2D eigenvalue weighted by molar-refractivity contribution is 0.122. The molecule has 5 nitrogen and oxygen atoms in total. The van der Waals surface area contributed by atoms with E-state index in [1.807, 2.05) is 6.92 Å². The van der Waals surface area contributed by atoms with Gasteiger partial charge in [0.1, 0.15) is 0 Å². The Morgan fingerprint density at radius 1 is 1.15 bits per heavy atom. The molecule has 0 unspecified atom stereocenters. The van der Waals surface area contributed by atoms with Crippen molar-refractivity contribution in [3.05, 3.63) is 29.8 Å². The van der Waals surface area contributed by atoms with Crippen molar-refractivity contribution < 1.29 is 4.74 Å². The largest absolute Gasteiger partial charge is 0.378 e. The van der Waals surface area contributed by atoms with Gasteiger partial charge in [-0.3, -0.25) is 5.43 Å². The highest BCUT2D eigenvalue weighted by Gasteiger charge is 2.21. The minimum atomic E-state index is 0.465. The second kappa shape index (κ2) is 9.33. The van der Waals surface area contributed by atoms with Crippen molar-refractivity contribution in [1.29, 1.82) is 0 Å². The smallest absolute Gasteiger partial charge is 0.187 e. The molecule has 1 saturated heterocycles. The van der Waals surface area contributed by atoms with Gasteiger partial charge < -0.3 is 15.0 Å². The summed E-state index contributed by atoms with van der Waals surface area (Å²) in [5.74, 6) is 0.668. The monoisotopic (exact) mass is 374 g/mol. The van der Waals surface area contributed by atoms with Gasteiger partial charge in [0.05, 0.1) is 18.9 Å². The van der Waals surface area contributed by atoms with Crippen LogP contribution in [-0.2, 0) is 4.74 Å². The molecule has 142 valence electrons. The zero-order chi connectivity index (χ0) is 18.4. The van der Waals surface area contributed by atoms with Crippen LogP contribution in [0, 0.1) is 5.92 Å². The van der Waals surface area contributed by atoms with Crippen LogP contribution in [0.15, 0.2) is 29.4 Å². The van der Waals surface area contributed by atoms with Crippen LogP contribution < -0.4 is 15.6 Å². The van der Waals surface area contributed by atoms with E-state index in [2.05, 4.69) is 51.9 Å². The third-order valence-electron chi connectivity index (χ3n) is 5.41. The molecule has 1 aromatic rings. The first kappa shape index (κ1) is 19.1. The van der Waals surface area contributed by atoms with Crippen molar-refractivity contribution in [2.45, 2.75) is 45.6 Å². The molecule has 0 aromatic heterocycles. The zero-order valence-corrected chi connectivity index (χ0v) is 16.6. The summed E-state index contributed by atoms with van der Waals surface area (Å²) in [6.07, 6.45) is 5.08. The van der Waals surface area contributed by atoms with Gasteiger partial charge in [-0.05, 0) is 55.6 Å². The molecule has 1 aromatic carbocycles. The Morgan fingerprint density at radius 3 is 2.54 bits per heavy atom. The zero-order valence-electron chi connectivity index (χ0n) is 15.8. The summed E-state index contributed by atoms with van der Waals surface area (Å²) in [5.41, 5.74) is 6.28. The van der Waals surface area contributed by atoms with E-state index < -0.39 is 0 Å². The molecule has 2 aliphatic rings. The maximum atomic E-state index is 5.41. The summed E-state index contributed by atoms with van der Waals surface area (Å²) in [6.45, 7) is 7.81. The number of hydrogen-bond donors (Lipinski definition) is 2. The Labute approximate surface area is 162 Å². The predicted molar refractivity (Wildman–Crippen MR) is 112 cm³/mol. The molecule has 0 radical (unpaired) electrons. The van der Waals surface area contributed by atoms with E-state index in [1.54, 1.807) is 0 Å². The van der Waals surface area contributed by atoms with E-state index in [4.69, 9.17) is 17.0 Å². The van der Waals surface area contributed by atoms with Gasteiger partial charge in [-0.2, -0.15) is 5.10 Å². The molecule has 1 aliphatic carbocycles. The Kier molecular flexibility index (Phi) is 6.86. The lowest BCUT2D eigenvalue weighted by Crippen LogP contribution is -2.44. The van der Waals surface area contributed by atoms with Crippen LogP contribution in [0.5, 0.6) is 0 Å². The van der Waals surface area contributed by atoms with Gasteiger partial charge in [-0.15, -0.1) is 0 Å². The number of rotatable bonds is 4. The number of ether oxygens (including phenoxy) is 1. The summed E-state index contributed by atoms with van der Waals surface area (Å²) in [7, 11) is 0. The predicted octanol–water partition coefficient (Wildman–Crippen LogP) is 3.29. The number of morpholine rings is 1. The number of thiocarbonyl (C=S) groups is 1. The topological polar surface area (TPSA) is 48.9 Å². The fourth-order valence-corrected chi connectivity index (χ4v) is 3.86. The second-order valence-electron chi connectivity index (χ2n) is 7.30. The molecular formula is C20H30N4OS. The quantitative estimate of drug-likeness (QED) is 0.481. The van der Waals surface area contributed by atoms with Crippen molar-refractivity contribution in [3.8, 4) is 0 Å². The summed E-state index contributed by atoms with van der Waals surface area (Å²) < 4.78 is 5.41. The number of hydrazone groups is 1. The maximum Gasteiger partial charge on any atom is 0.187 e. The van der Waals surface area contributed by atoms with E-state index in [0.717, 1.165) is 37.6 Å². The molecule has 1 heterocycles. The molecule has 0 amide bonds. The van der Waals surface area contributed by atoms with Crippen LogP contribution in [0.1, 0.15) is 45.1 Å². The Bertz CT molecular complexity index is 625. The lowest BCUT2D eigenvalue weighted by Gasteiger charge is -2.30. The average molecular weight is 375 g/mol. The third-order valence-corrected chi connectivity index (χ3v) is 5.62. The molecule has 1 aliphatic heterocycles. The molecule has 2 atom stereocenters. The van der Waals surface area contributed by atoms with Gasteiger partial charge in [0.25, 0.3) is 0 Å². The van der Waals surface area contributed by atoms with Gasteiger partial charge in [0.15, 0.2) is 5.11 Å². The average Bonchev–Trinajstić information content (AvgIpc) is 2.69. The van der Waals surface area contributed by atoms with E-state index in [9.17, 15) is 0 Å². The normalized spacial score (nSPS) is 24.2. The highest BCUT2D eigenvalue weighted by molar-refractivity contribution is 7.80. The third kappa shape index (κ3) is 5.17. The molecule has 26 heavy (non-hydrogen) atoms. The molecule has 6 heteroatoms. The van der Waals surface area contributed by atoms with Gasteiger partial charge in [-0.25, -0.2) is 0 Å². The van der Waals surface area contributed by atoms with Crippen molar-refractivity contribution >= 4 is 28.7 Å². The first-order valence-electron chi connectivity index (χ1n) is 9.67. The van der Waals surface area contributed by atoms with Crippen molar-refractivity contribution in [1.82, 2.24) is 10.7 Å². The fraction of sp³-hybridized carbons (Fsp3) is 0.600.